The van der Waals surface area contributed by atoms with Gasteiger partial charge in [0, 0.05) is 10.6 Å². The first-order valence-electron chi connectivity index (χ1n) is 7.07. The quantitative estimate of drug-likeness (QED) is 0.867. The van der Waals surface area contributed by atoms with Crippen LogP contribution >= 0.6 is 11.8 Å². The number of anilines is 1. The molecule has 1 aromatic rings. The minimum Gasteiger partial charge on any atom is -0.494 e. The molecule has 1 aromatic carbocycles. The van der Waals surface area contributed by atoms with Gasteiger partial charge in [-0.3, -0.25) is 0 Å². The van der Waals surface area contributed by atoms with Crippen LogP contribution in [0.25, 0.3) is 0 Å². The lowest BCUT2D eigenvalue weighted by molar-refractivity contribution is 0.339. The predicted molar refractivity (Wildman–Crippen MR) is 77.5 cm³/mol. The molecule has 1 N–H and O–H groups in total. The van der Waals surface area contributed by atoms with Gasteiger partial charge in [-0.15, -0.1) is 0 Å². The Bertz CT molecular complexity index is 415. The fraction of sp³-hybridized carbons (Fsp3) is 0.600. The van der Waals surface area contributed by atoms with Gasteiger partial charge in [-0.05, 0) is 43.9 Å². The second-order valence-corrected chi connectivity index (χ2v) is 6.36. The van der Waals surface area contributed by atoms with Crippen LogP contribution in [0.15, 0.2) is 23.1 Å². The Morgan fingerprint density at radius 1 is 1.28 bits per heavy atom. The standard InChI is InChI=1S/C15H21NOS/c1-2-17-12-8-9-13-14(10-12)18-15(16-13)11-6-4-3-5-7-11/h8-11,15-16H,2-7H2,1H3. The van der Waals surface area contributed by atoms with Crippen molar-refractivity contribution in [1.29, 1.82) is 0 Å². The maximum atomic E-state index is 5.57. The summed E-state index contributed by atoms with van der Waals surface area (Å²) in [5, 5.41) is 4.26. The molecule has 1 atom stereocenters. The summed E-state index contributed by atoms with van der Waals surface area (Å²) in [5.41, 5.74) is 1.29. The van der Waals surface area contributed by atoms with E-state index >= 15 is 0 Å². The normalized spacial score (nSPS) is 23.5. The van der Waals surface area contributed by atoms with E-state index in [2.05, 4.69) is 23.5 Å². The third-order valence-electron chi connectivity index (χ3n) is 3.89. The number of hydrogen-bond acceptors (Lipinski definition) is 3. The molecule has 1 heterocycles. The van der Waals surface area contributed by atoms with Gasteiger partial charge in [-0.25, -0.2) is 0 Å². The number of nitrogens with one attached hydrogen (secondary N) is 1. The van der Waals surface area contributed by atoms with Gasteiger partial charge in [0.15, 0.2) is 0 Å². The van der Waals surface area contributed by atoms with Gasteiger partial charge in [0.2, 0.25) is 0 Å². The van der Waals surface area contributed by atoms with Gasteiger partial charge in [0.25, 0.3) is 0 Å². The van der Waals surface area contributed by atoms with E-state index in [1.165, 1.54) is 42.7 Å². The zero-order valence-electron chi connectivity index (χ0n) is 10.9. The molecule has 1 aliphatic carbocycles. The maximum absolute atomic E-state index is 5.57. The number of benzene rings is 1. The third-order valence-corrected chi connectivity index (χ3v) is 5.24. The van der Waals surface area contributed by atoms with Crippen LogP contribution in [-0.4, -0.2) is 12.0 Å². The minimum absolute atomic E-state index is 0.581. The molecule has 3 heteroatoms. The molecule has 2 nitrogen and oxygen atoms in total. The number of hydrogen-bond donors (Lipinski definition) is 1. The summed E-state index contributed by atoms with van der Waals surface area (Å²) in [4.78, 5) is 1.36. The van der Waals surface area contributed by atoms with Gasteiger partial charge in [-0.1, -0.05) is 31.0 Å². The smallest absolute Gasteiger partial charge is 0.120 e. The van der Waals surface area contributed by atoms with Gasteiger partial charge < -0.3 is 10.1 Å². The summed E-state index contributed by atoms with van der Waals surface area (Å²) in [6, 6.07) is 6.41. The van der Waals surface area contributed by atoms with Crippen LogP contribution in [0.2, 0.25) is 0 Å². The van der Waals surface area contributed by atoms with Crippen molar-refractivity contribution in [3.05, 3.63) is 18.2 Å². The van der Waals surface area contributed by atoms with E-state index in [0.29, 0.717) is 5.37 Å². The maximum Gasteiger partial charge on any atom is 0.120 e. The summed E-state index contributed by atoms with van der Waals surface area (Å²) < 4.78 is 5.57. The van der Waals surface area contributed by atoms with Crippen LogP contribution < -0.4 is 10.1 Å². The van der Waals surface area contributed by atoms with Gasteiger partial charge in [0.1, 0.15) is 5.75 Å². The van der Waals surface area contributed by atoms with E-state index in [9.17, 15) is 0 Å². The lowest BCUT2D eigenvalue weighted by atomic mass is 9.89. The number of thioether (sulfide) groups is 1. The van der Waals surface area contributed by atoms with Gasteiger partial charge in [-0.2, -0.15) is 0 Å². The highest BCUT2D eigenvalue weighted by atomic mass is 32.2. The second-order valence-electron chi connectivity index (χ2n) is 5.17. The average Bonchev–Trinajstić information content (AvgIpc) is 2.83. The zero-order chi connectivity index (χ0) is 12.4. The predicted octanol–water partition coefficient (Wildman–Crippen LogP) is 4.51. The van der Waals surface area contributed by atoms with Gasteiger partial charge in [0.05, 0.1) is 12.0 Å². The summed E-state index contributed by atoms with van der Waals surface area (Å²) in [5.74, 6) is 1.83. The fourth-order valence-corrected chi connectivity index (χ4v) is 4.31. The Kier molecular flexibility index (Phi) is 3.69. The molecular formula is C15H21NOS. The van der Waals surface area contributed by atoms with E-state index in [-0.39, 0.29) is 0 Å². The van der Waals surface area contributed by atoms with Crippen LogP contribution in [0.3, 0.4) is 0 Å². The van der Waals surface area contributed by atoms with Crippen LogP contribution in [0.4, 0.5) is 5.69 Å². The molecule has 98 valence electrons. The number of fused-ring (bicyclic) bond motifs is 1. The molecule has 0 saturated heterocycles. The molecule has 18 heavy (non-hydrogen) atoms. The van der Waals surface area contributed by atoms with Crippen molar-refractivity contribution in [3.8, 4) is 5.75 Å². The second kappa shape index (κ2) is 5.43. The lowest BCUT2D eigenvalue weighted by Gasteiger charge is -2.26. The van der Waals surface area contributed by atoms with Crippen molar-refractivity contribution < 1.29 is 4.74 Å². The van der Waals surface area contributed by atoms with Crippen LogP contribution in [0.5, 0.6) is 5.75 Å². The summed E-state index contributed by atoms with van der Waals surface area (Å²) >= 11 is 1.99. The first kappa shape index (κ1) is 12.2. The Morgan fingerprint density at radius 3 is 2.89 bits per heavy atom. The monoisotopic (exact) mass is 263 g/mol. The number of rotatable bonds is 3. The SMILES string of the molecule is CCOc1ccc2c(c1)SC(C1CCCCC1)N2. The van der Waals surface area contributed by atoms with Crippen LogP contribution in [-0.2, 0) is 0 Å². The molecule has 0 amide bonds. The molecule has 1 aliphatic heterocycles. The first-order chi connectivity index (χ1) is 8.86. The summed E-state index contributed by atoms with van der Waals surface area (Å²) in [6.45, 7) is 2.77. The molecule has 1 saturated carbocycles. The van der Waals surface area contributed by atoms with E-state index in [1.54, 1.807) is 0 Å². The fourth-order valence-electron chi connectivity index (χ4n) is 2.95. The molecule has 0 radical (unpaired) electrons. The highest BCUT2D eigenvalue weighted by molar-refractivity contribution is 8.00. The molecule has 3 rings (SSSR count). The molecule has 2 aliphatic rings. The molecular weight excluding hydrogens is 242 g/mol. The van der Waals surface area contributed by atoms with E-state index in [4.69, 9.17) is 4.74 Å². The Balaban J connectivity index is 1.70. The topological polar surface area (TPSA) is 21.3 Å². The van der Waals surface area contributed by atoms with Crippen molar-refractivity contribution in [2.24, 2.45) is 5.92 Å². The molecule has 1 fully saturated rings. The van der Waals surface area contributed by atoms with Crippen molar-refractivity contribution in [3.63, 3.8) is 0 Å². The lowest BCUT2D eigenvalue weighted by Crippen LogP contribution is -2.24. The van der Waals surface area contributed by atoms with Crippen LogP contribution in [0, 0.1) is 5.92 Å². The van der Waals surface area contributed by atoms with E-state index in [1.807, 2.05) is 18.7 Å². The molecule has 0 spiro atoms. The van der Waals surface area contributed by atoms with Crippen molar-refractivity contribution in [2.75, 3.05) is 11.9 Å². The zero-order valence-corrected chi connectivity index (χ0v) is 11.8. The largest absolute Gasteiger partial charge is 0.494 e. The first-order valence-corrected chi connectivity index (χ1v) is 7.95. The van der Waals surface area contributed by atoms with Crippen LogP contribution in [0.1, 0.15) is 39.0 Å². The molecule has 1 unspecified atom stereocenters. The molecule has 0 bridgehead atoms. The highest BCUT2D eigenvalue weighted by Gasteiger charge is 2.30. The van der Waals surface area contributed by atoms with Crippen molar-refractivity contribution in [1.82, 2.24) is 0 Å². The molecule has 0 aromatic heterocycles. The highest BCUT2D eigenvalue weighted by Crippen LogP contribution is 2.45. The Morgan fingerprint density at radius 2 is 2.11 bits per heavy atom. The van der Waals surface area contributed by atoms with E-state index < -0.39 is 0 Å². The average molecular weight is 263 g/mol. The van der Waals surface area contributed by atoms with Crippen molar-refractivity contribution in [2.45, 2.75) is 49.3 Å². The Labute approximate surface area is 113 Å². The number of ether oxygens (including phenoxy) is 1. The van der Waals surface area contributed by atoms with Gasteiger partial charge >= 0.3 is 0 Å². The summed E-state index contributed by atoms with van der Waals surface area (Å²) in [6.07, 6.45) is 7.01. The minimum atomic E-state index is 0.581. The van der Waals surface area contributed by atoms with Crippen molar-refractivity contribution >= 4 is 17.4 Å². The summed E-state index contributed by atoms with van der Waals surface area (Å²) in [7, 11) is 0. The van der Waals surface area contributed by atoms with E-state index in [0.717, 1.165) is 18.3 Å². The third kappa shape index (κ3) is 2.46. The Hall–Kier alpha value is -0.830.